The van der Waals surface area contributed by atoms with E-state index in [1.165, 1.54) is 0 Å². The van der Waals surface area contributed by atoms with Crippen molar-refractivity contribution >= 4 is 6.03 Å². The predicted molar refractivity (Wildman–Crippen MR) is 71.7 cm³/mol. The number of amides is 2. The maximum absolute atomic E-state index is 11.6. The number of hydrogen-bond donors (Lipinski definition) is 3. The van der Waals surface area contributed by atoms with Crippen LogP contribution in [-0.4, -0.2) is 36.0 Å². The van der Waals surface area contributed by atoms with E-state index in [9.17, 15) is 9.90 Å². The Morgan fingerprint density at radius 2 is 2.16 bits per heavy atom. The maximum Gasteiger partial charge on any atom is 0.315 e. The summed E-state index contributed by atoms with van der Waals surface area (Å²) < 4.78 is 5.31. The smallest absolute Gasteiger partial charge is 0.315 e. The summed E-state index contributed by atoms with van der Waals surface area (Å²) in [6.07, 6.45) is 0.301. The zero-order chi connectivity index (χ0) is 13.7. The highest BCUT2D eigenvalue weighted by atomic mass is 16.5. The average molecular weight is 264 g/mol. The van der Waals surface area contributed by atoms with Gasteiger partial charge in [0, 0.05) is 19.6 Å². The molecule has 0 radical (unpaired) electrons. The van der Waals surface area contributed by atoms with Gasteiger partial charge in [-0.3, -0.25) is 0 Å². The second-order valence-corrected chi connectivity index (χ2v) is 4.89. The summed E-state index contributed by atoms with van der Waals surface area (Å²) in [5, 5.41) is 15.7. The lowest BCUT2D eigenvalue weighted by Crippen LogP contribution is -2.49. The third-order valence-electron chi connectivity index (χ3n) is 3.51. The Morgan fingerprint density at radius 1 is 1.42 bits per heavy atom. The number of aliphatic hydroxyl groups is 1. The first-order chi connectivity index (χ1) is 9.10. The molecule has 0 bridgehead atoms. The lowest BCUT2D eigenvalue weighted by molar-refractivity contribution is -0.0243. The normalized spacial score (nSPS) is 26.1. The van der Waals surface area contributed by atoms with Crippen LogP contribution < -0.4 is 10.6 Å². The van der Waals surface area contributed by atoms with Crippen LogP contribution in [0.5, 0.6) is 0 Å². The number of rotatable bonds is 4. The third-order valence-corrected chi connectivity index (χ3v) is 3.51. The van der Waals surface area contributed by atoms with Gasteiger partial charge in [-0.25, -0.2) is 4.79 Å². The molecular weight excluding hydrogens is 244 g/mol. The van der Waals surface area contributed by atoms with Crippen LogP contribution in [0, 0.1) is 0 Å². The lowest BCUT2D eigenvalue weighted by atomic mass is 9.97. The topological polar surface area (TPSA) is 70.6 Å². The van der Waals surface area contributed by atoms with Gasteiger partial charge < -0.3 is 20.5 Å². The van der Waals surface area contributed by atoms with Gasteiger partial charge in [0.05, 0.1) is 12.6 Å². The molecule has 1 aliphatic rings. The van der Waals surface area contributed by atoms with Crippen molar-refractivity contribution in [3.8, 4) is 0 Å². The average Bonchev–Trinajstić information content (AvgIpc) is 2.76. The summed E-state index contributed by atoms with van der Waals surface area (Å²) >= 11 is 0. The number of ether oxygens (including phenoxy) is 1. The first-order valence-electron chi connectivity index (χ1n) is 6.50. The molecule has 1 aliphatic heterocycles. The number of nitrogens with one attached hydrogen (secondary N) is 2. The molecule has 2 unspecified atom stereocenters. The fourth-order valence-corrected chi connectivity index (χ4v) is 2.08. The molecule has 1 aromatic rings. The van der Waals surface area contributed by atoms with Gasteiger partial charge in [-0.2, -0.15) is 0 Å². The van der Waals surface area contributed by atoms with E-state index in [0.29, 0.717) is 19.6 Å². The van der Waals surface area contributed by atoms with Crippen LogP contribution in [0.2, 0.25) is 0 Å². The van der Waals surface area contributed by atoms with E-state index in [4.69, 9.17) is 4.74 Å². The molecule has 1 heterocycles. The number of benzene rings is 1. The molecule has 2 amide bonds. The van der Waals surface area contributed by atoms with Gasteiger partial charge in [0.2, 0.25) is 0 Å². The van der Waals surface area contributed by atoms with Crippen LogP contribution in [0.4, 0.5) is 4.79 Å². The Balaban J connectivity index is 1.73. The van der Waals surface area contributed by atoms with Crippen LogP contribution in [0.25, 0.3) is 0 Å². The van der Waals surface area contributed by atoms with Crippen molar-refractivity contribution in [3.63, 3.8) is 0 Å². The van der Waals surface area contributed by atoms with Crippen molar-refractivity contribution in [2.45, 2.75) is 31.6 Å². The van der Waals surface area contributed by atoms with Crippen molar-refractivity contribution in [1.82, 2.24) is 10.6 Å². The minimum atomic E-state index is -0.954. The third kappa shape index (κ3) is 3.68. The van der Waals surface area contributed by atoms with Crippen LogP contribution in [-0.2, 0) is 11.3 Å². The second kappa shape index (κ2) is 6.04. The molecule has 1 saturated heterocycles. The number of carbonyl (C=O) groups excluding carboxylic acids is 1. The Bertz CT molecular complexity index is 424. The minimum absolute atomic E-state index is 0.203. The SMILES string of the molecule is CC1OCCC1(O)CNC(=O)NCc1ccccc1. The first-order valence-corrected chi connectivity index (χ1v) is 6.50. The highest BCUT2D eigenvalue weighted by molar-refractivity contribution is 5.73. The Morgan fingerprint density at radius 3 is 2.79 bits per heavy atom. The van der Waals surface area contributed by atoms with E-state index in [-0.39, 0.29) is 18.7 Å². The van der Waals surface area contributed by atoms with E-state index in [2.05, 4.69) is 10.6 Å². The summed E-state index contributed by atoms with van der Waals surface area (Å²) in [7, 11) is 0. The fraction of sp³-hybridized carbons (Fsp3) is 0.500. The molecule has 1 aromatic carbocycles. The standard InChI is InChI=1S/C14H20N2O3/c1-11-14(18,7-8-19-11)10-16-13(17)15-9-12-5-3-2-4-6-12/h2-6,11,18H,7-10H2,1H3,(H2,15,16,17). The van der Waals surface area contributed by atoms with Gasteiger partial charge in [0.25, 0.3) is 0 Å². The molecular formula is C14H20N2O3. The van der Waals surface area contributed by atoms with Crippen LogP contribution in [0.15, 0.2) is 30.3 Å². The van der Waals surface area contributed by atoms with Crippen molar-refractivity contribution in [1.29, 1.82) is 0 Å². The zero-order valence-corrected chi connectivity index (χ0v) is 11.1. The molecule has 5 nitrogen and oxygen atoms in total. The van der Waals surface area contributed by atoms with Crippen LogP contribution in [0.1, 0.15) is 18.9 Å². The van der Waals surface area contributed by atoms with Crippen molar-refractivity contribution in [3.05, 3.63) is 35.9 Å². The van der Waals surface area contributed by atoms with Gasteiger partial charge in [-0.1, -0.05) is 30.3 Å². The molecule has 0 aromatic heterocycles. The van der Waals surface area contributed by atoms with E-state index < -0.39 is 5.60 Å². The minimum Gasteiger partial charge on any atom is -0.385 e. The molecule has 1 fully saturated rings. The maximum atomic E-state index is 11.6. The van der Waals surface area contributed by atoms with Gasteiger partial charge in [-0.05, 0) is 12.5 Å². The van der Waals surface area contributed by atoms with E-state index in [0.717, 1.165) is 5.56 Å². The quantitative estimate of drug-likeness (QED) is 0.760. The monoisotopic (exact) mass is 264 g/mol. The largest absolute Gasteiger partial charge is 0.385 e. The number of carbonyl (C=O) groups is 1. The molecule has 0 aliphatic carbocycles. The molecule has 5 heteroatoms. The number of urea groups is 1. The van der Waals surface area contributed by atoms with Gasteiger partial charge >= 0.3 is 6.03 Å². The first kappa shape index (κ1) is 13.8. The van der Waals surface area contributed by atoms with Gasteiger partial charge in [-0.15, -0.1) is 0 Å². The van der Waals surface area contributed by atoms with E-state index in [1.54, 1.807) is 0 Å². The fourth-order valence-electron chi connectivity index (χ4n) is 2.08. The summed E-state index contributed by atoms with van der Waals surface area (Å²) in [5.41, 5.74) is 0.0818. The summed E-state index contributed by atoms with van der Waals surface area (Å²) in [6, 6.07) is 9.39. The van der Waals surface area contributed by atoms with Crippen LogP contribution >= 0.6 is 0 Å². The molecule has 104 valence electrons. The molecule has 0 saturated carbocycles. The molecule has 2 atom stereocenters. The van der Waals surface area contributed by atoms with Crippen molar-refractivity contribution < 1.29 is 14.6 Å². The Kier molecular flexibility index (Phi) is 4.39. The van der Waals surface area contributed by atoms with Crippen molar-refractivity contribution in [2.24, 2.45) is 0 Å². The van der Waals surface area contributed by atoms with Crippen LogP contribution in [0.3, 0.4) is 0 Å². The molecule has 3 N–H and O–H groups in total. The predicted octanol–water partition coefficient (Wildman–Crippen LogP) is 1.03. The zero-order valence-electron chi connectivity index (χ0n) is 11.1. The highest BCUT2D eigenvalue weighted by Crippen LogP contribution is 2.24. The van der Waals surface area contributed by atoms with Crippen molar-refractivity contribution in [2.75, 3.05) is 13.2 Å². The Hall–Kier alpha value is -1.59. The second-order valence-electron chi connectivity index (χ2n) is 4.89. The van der Waals surface area contributed by atoms with Gasteiger partial charge in [0.15, 0.2) is 0 Å². The van der Waals surface area contributed by atoms with E-state index >= 15 is 0 Å². The summed E-state index contributed by atoms with van der Waals surface area (Å²) in [5.74, 6) is 0. The summed E-state index contributed by atoms with van der Waals surface area (Å²) in [6.45, 7) is 3.02. The lowest BCUT2D eigenvalue weighted by Gasteiger charge is -2.26. The highest BCUT2D eigenvalue weighted by Gasteiger charge is 2.39. The Labute approximate surface area is 113 Å². The summed E-state index contributed by atoms with van der Waals surface area (Å²) in [4.78, 5) is 11.6. The molecule has 0 spiro atoms. The number of hydrogen-bond acceptors (Lipinski definition) is 3. The molecule has 2 rings (SSSR count). The van der Waals surface area contributed by atoms with E-state index in [1.807, 2.05) is 37.3 Å². The molecule has 19 heavy (non-hydrogen) atoms. The van der Waals surface area contributed by atoms with Gasteiger partial charge in [0.1, 0.15) is 5.60 Å².